The Labute approximate surface area is 182 Å². The number of nitrogens with zero attached hydrogens (tertiary/aromatic N) is 6. The number of aryl methyl sites for hydroxylation is 1. The van der Waals surface area contributed by atoms with Crippen LogP contribution in [-0.2, 0) is 6.42 Å². The van der Waals surface area contributed by atoms with E-state index < -0.39 is 0 Å². The molecule has 4 aromatic heterocycles. The number of nitrogens with one attached hydrogen (secondary N) is 1. The molecule has 0 amide bonds. The SMILES string of the molecule is CCc1[nH]c2nc(Sc3cnc4nccnc4c3)nc(N3CC(C)(CN)C3)c2c1Cl. The molecule has 154 valence electrons. The molecule has 0 radical (unpaired) electrons. The molecule has 1 aliphatic rings. The van der Waals surface area contributed by atoms with Crippen LogP contribution in [0.4, 0.5) is 5.82 Å². The van der Waals surface area contributed by atoms with Crippen molar-refractivity contribution in [3.63, 3.8) is 0 Å². The van der Waals surface area contributed by atoms with E-state index in [0.29, 0.717) is 22.4 Å². The molecule has 10 heteroatoms. The molecule has 0 atom stereocenters. The highest BCUT2D eigenvalue weighted by Crippen LogP contribution is 2.41. The Balaban J connectivity index is 1.56. The largest absolute Gasteiger partial charge is 0.355 e. The zero-order valence-corrected chi connectivity index (χ0v) is 18.3. The van der Waals surface area contributed by atoms with Crippen LogP contribution in [-0.4, -0.2) is 49.5 Å². The van der Waals surface area contributed by atoms with E-state index in [4.69, 9.17) is 27.3 Å². The van der Waals surface area contributed by atoms with Gasteiger partial charge >= 0.3 is 0 Å². The topological polar surface area (TPSA) is 109 Å². The first-order valence-corrected chi connectivity index (χ1v) is 11.0. The van der Waals surface area contributed by atoms with Crippen LogP contribution in [0.25, 0.3) is 22.2 Å². The number of pyridine rings is 1. The first-order chi connectivity index (χ1) is 14.5. The van der Waals surface area contributed by atoms with Crippen LogP contribution < -0.4 is 10.6 Å². The Kier molecular flexibility index (Phi) is 4.76. The van der Waals surface area contributed by atoms with Gasteiger partial charge in [0.2, 0.25) is 0 Å². The second kappa shape index (κ2) is 7.33. The van der Waals surface area contributed by atoms with E-state index in [2.05, 4.69) is 38.7 Å². The van der Waals surface area contributed by atoms with Crippen molar-refractivity contribution >= 4 is 51.4 Å². The third-order valence-corrected chi connectivity index (χ3v) is 6.66. The van der Waals surface area contributed by atoms with Gasteiger partial charge in [-0.15, -0.1) is 0 Å². The van der Waals surface area contributed by atoms with Crippen molar-refractivity contribution in [2.75, 3.05) is 24.5 Å². The second-order valence-electron chi connectivity index (χ2n) is 7.87. The van der Waals surface area contributed by atoms with Crippen LogP contribution in [0.1, 0.15) is 19.5 Å². The minimum absolute atomic E-state index is 0.0991. The van der Waals surface area contributed by atoms with E-state index >= 15 is 0 Å². The van der Waals surface area contributed by atoms with Crippen LogP contribution in [0.2, 0.25) is 5.02 Å². The van der Waals surface area contributed by atoms with Gasteiger partial charge in [0.15, 0.2) is 10.8 Å². The molecule has 3 N–H and O–H groups in total. The summed E-state index contributed by atoms with van der Waals surface area (Å²) in [4.78, 5) is 29.0. The summed E-state index contributed by atoms with van der Waals surface area (Å²) in [6.45, 7) is 6.58. The summed E-state index contributed by atoms with van der Waals surface area (Å²) in [5, 5.41) is 2.20. The van der Waals surface area contributed by atoms with Crippen molar-refractivity contribution in [1.82, 2.24) is 29.9 Å². The first kappa shape index (κ1) is 19.5. The van der Waals surface area contributed by atoms with Gasteiger partial charge in [0.05, 0.1) is 10.4 Å². The van der Waals surface area contributed by atoms with Crippen molar-refractivity contribution in [1.29, 1.82) is 0 Å². The van der Waals surface area contributed by atoms with Crippen molar-refractivity contribution in [3.05, 3.63) is 35.4 Å². The number of aromatic nitrogens is 6. The molecule has 1 aliphatic heterocycles. The second-order valence-corrected chi connectivity index (χ2v) is 9.29. The van der Waals surface area contributed by atoms with E-state index in [1.807, 2.05) is 6.07 Å². The van der Waals surface area contributed by atoms with Crippen LogP contribution in [0.5, 0.6) is 0 Å². The van der Waals surface area contributed by atoms with Crippen LogP contribution in [0.3, 0.4) is 0 Å². The highest BCUT2D eigenvalue weighted by Gasteiger charge is 2.39. The minimum Gasteiger partial charge on any atom is -0.355 e. The normalized spacial score (nSPS) is 15.7. The third-order valence-electron chi connectivity index (χ3n) is 5.42. The maximum atomic E-state index is 6.68. The smallest absolute Gasteiger partial charge is 0.196 e. The van der Waals surface area contributed by atoms with Gasteiger partial charge in [-0.3, -0.25) is 4.98 Å². The van der Waals surface area contributed by atoms with E-state index in [1.54, 1.807) is 18.6 Å². The minimum atomic E-state index is 0.0991. The molecule has 8 nitrogen and oxygen atoms in total. The molecule has 4 aromatic rings. The summed E-state index contributed by atoms with van der Waals surface area (Å²) in [5.74, 6) is 0.850. The summed E-state index contributed by atoms with van der Waals surface area (Å²) in [6, 6.07) is 1.95. The number of fused-ring (bicyclic) bond motifs is 2. The summed E-state index contributed by atoms with van der Waals surface area (Å²) in [7, 11) is 0. The van der Waals surface area contributed by atoms with Crippen molar-refractivity contribution in [2.24, 2.45) is 11.1 Å². The van der Waals surface area contributed by atoms with E-state index in [-0.39, 0.29) is 5.41 Å². The maximum Gasteiger partial charge on any atom is 0.196 e. The molecule has 5 rings (SSSR count). The first-order valence-electron chi connectivity index (χ1n) is 9.77. The highest BCUT2D eigenvalue weighted by molar-refractivity contribution is 7.99. The molecule has 0 spiro atoms. The monoisotopic (exact) mass is 440 g/mol. The lowest BCUT2D eigenvalue weighted by molar-refractivity contribution is 0.253. The zero-order chi connectivity index (χ0) is 20.9. The van der Waals surface area contributed by atoms with Gasteiger partial charge in [0, 0.05) is 54.2 Å². The molecule has 5 heterocycles. The predicted molar refractivity (Wildman–Crippen MR) is 119 cm³/mol. The molecule has 0 aromatic carbocycles. The quantitative estimate of drug-likeness (QED) is 0.454. The average Bonchev–Trinajstić information content (AvgIpc) is 3.06. The van der Waals surface area contributed by atoms with Gasteiger partial charge in [-0.2, -0.15) is 0 Å². The highest BCUT2D eigenvalue weighted by atomic mass is 35.5. The van der Waals surface area contributed by atoms with Crippen LogP contribution in [0.15, 0.2) is 34.7 Å². The number of rotatable bonds is 5. The number of aromatic amines is 1. The van der Waals surface area contributed by atoms with Gasteiger partial charge in [-0.05, 0) is 24.2 Å². The maximum absolute atomic E-state index is 6.68. The van der Waals surface area contributed by atoms with Gasteiger partial charge in [0.1, 0.15) is 17.0 Å². The van der Waals surface area contributed by atoms with Gasteiger partial charge in [-0.1, -0.05) is 25.4 Å². The molecule has 0 bridgehead atoms. The number of hydrogen-bond acceptors (Lipinski definition) is 8. The molecule has 30 heavy (non-hydrogen) atoms. The fourth-order valence-electron chi connectivity index (χ4n) is 3.74. The Bertz CT molecular complexity index is 1250. The fraction of sp³-hybridized carbons (Fsp3) is 0.350. The molecule has 0 aliphatic carbocycles. The summed E-state index contributed by atoms with van der Waals surface area (Å²) >= 11 is 8.12. The van der Waals surface area contributed by atoms with Crippen molar-refractivity contribution < 1.29 is 0 Å². The molecule has 0 saturated carbocycles. The summed E-state index contributed by atoms with van der Waals surface area (Å²) in [5.41, 5.74) is 9.11. The van der Waals surface area contributed by atoms with Crippen molar-refractivity contribution in [3.8, 4) is 0 Å². The van der Waals surface area contributed by atoms with Gasteiger partial charge in [-0.25, -0.2) is 19.9 Å². The number of anilines is 1. The third kappa shape index (κ3) is 3.27. The van der Waals surface area contributed by atoms with Crippen LogP contribution >= 0.6 is 23.4 Å². The Morgan fingerprint density at radius 1 is 1.23 bits per heavy atom. The van der Waals surface area contributed by atoms with E-state index in [9.17, 15) is 0 Å². The predicted octanol–water partition coefficient (Wildman–Crippen LogP) is 3.45. The number of halogens is 1. The fourth-order valence-corrected chi connectivity index (χ4v) is 4.85. The summed E-state index contributed by atoms with van der Waals surface area (Å²) < 4.78 is 0. The lowest BCUT2D eigenvalue weighted by Crippen LogP contribution is -2.58. The van der Waals surface area contributed by atoms with Crippen molar-refractivity contribution in [2.45, 2.75) is 30.3 Å². The van der Waals surface area contributed by atoms with E-state index in [0.717, 1.165) is 52.5 Å². The molecule has 0 unspecified atom stereocenters. The molecule has 1 saturated heterocycles. The van der Waals surface area contributed by atoms with Gasteiger partial charge in [0.25, 0.3) is 0 Å². The number of H-pyrrole nitrogens is 1. The summed E-state index contributed by atoms with van der Waals surface area (Å²) in [6.07, 6.45) is 5.85. The average molecular weight is 441 g/mol. The molecule has 1 fully saturated rings. The zero-order valence-electron chi connectivity index (χ0n) is 16.7. The number of hydrogen-bond donors (Lipinski definition) is 2. The molecular weight excluding hydrogens is 420 g/mol. The standard InChI is InChI=1S/C20H21ClN8S/c1-3-12-15(21)14-17(26-12)27-19(28-18(14)29-9-20(2,8-22)10-29)30-11-6-13-16(25-7-11)24-5-4-23-13/h4-7H,3,8-10,22H2,1-2H3,(H,26,27,28). The van der Waals surface area contributed by atoms with Gasteiger partial charge < -0.3 is 15.6 Å². The number of nitrogens with two attached hydrogens (primary N) is 1. The lowest BCUT2D eigenvalue weighted by atomic mass is 9.82. The van der Waals surface area contributed by atoms with E-state index in [1.165, 1.54) is 11.8 Å². The van der Waals surface area contributed by atoms with Crippen LogP contribution in [0, 0.1) is 5.41 Å². The Hall–Kier alpha value is -2.49. The Morgan fingerprint density at radius 2 is 2.03 bits per heavy atom. The lowest BCUT2D eigenvalue weighted by Gasteiger charge is -2.48. The Morgan fingerprint density at radius 3 is 2.80 bits per heavy atom. The molecular formula is C20H21ClN8S.